The Morgan fingerprint density at radius 1 is 1.07 bits per heavy atom. The molecular formula is C20H26N2O4S. The fraction of sp³-hybridized carbons (Fsp3) is 0.350. The van der Waals surface area contributed by atoms with Gasteiger partial charge in [0.05, 0.1) is 11.9 Å². The van der Waals surface area contributed by atoms with Crippen LogP contribution in [0, 0.1) is 0 Å². The Kier molecular flexibility index (Phi) is 6.85. The summed E-state index contributed by atoms with van der Waals surface area (Å²) in [4.78, 5) is 12.5. The number of sulfonamides is 1. The Hall–Kier alpha value is -2.54. The predicted octanol–water partition coefficient (Wildman–Crippen LogP) is 3.44. The van der Waals surface area contributed by atoms with Crippen LogP contribution in [0.3, 0.4) is 0 Å². The first-order valence-corrected chi connectivity index (χ1v) is 10.7. The predicted molar refractivity (Wildman–Crippen MR) is 109 cm³/mol. The van der Waals surface area contributed by atoms with Crippen molar-refractivity contribution in [3.05, 3.63) is 54.1 Å². The van der Waals surface area contributed by atoms with Gasteiger partial charge in [0.25, 0.3) is 5.91 Å². The van der Waals surface area contributed by atoms with Crippen LogP contribution in [0.1, 0.15) is 25.8 Å². The van der Waals surface area contributed by atoms with Crippen molar-refractivity contribution in [3.63, 3.8) is 0 Å². The second-order valence-corrected chi connectivity index (χ2v) is 8.29. The van der Waals surface area contributed by atoms with E-state index in [1.54, 1.807) is 24.3 Å². The molecule has 0 spiro atoms. The van der Waals surface area contributed by atoms with Gasteiger partial charge in [-0.25, -0.2) is 8.42 Å². The minimum absolute atomic E-state index is 0.223. The lowest BCUT2D eigenvalue weighted by atomic mass is 10.1. The number of hydrogen-bond acceptors (Lipinski definition) is 4. The minimum Gasteiger partial charge on any atom is -0.481 e. The zero-order valence-electron chi connectivity index (χ0n) is 16.1. The summed E-state index contributed by atoms with van der Waals surface area (Å²) in [6.07, 6.45) is 1.94. The molecule has 0 aromatic heterocycles. The Morgan fingerprint density at radius 2 is 1.67 bits per heavy atom. The van der Waals surface area contributed by atoms with Gasteiger partial charge in [-0.1, -0.05) is 26.0 Å². The van der Waals surface area contributed by atoms with Gasteiger partial charge in [-0.3, -0.25) is 9.10 Å². The van der Waals surface area contributed by atoms with E-state index in [1.165, 1.54) is 16.9 Å². The monoisotopic (exact) mass is 390 g/mol. The molecule has 146 valence electrons. The number of carbonyl (C=O) groups is 1. The van der Waals surface area contributed by atoms with Gasteiger partial charge in [-0.2, -0.15) is 0 Å². The molecule has 0 radical (unpaired) electrons. The smallest absolute Gasteiger partial charge is 0.265 e. The molecule has 0 heterocycles. The quantitative estimate of drug-likeness (QED) is 0.749. The highest BCUT2D eigenvalue weighted by atomic mass is 32.2. The first-order chi connectivity index (χ1) is 12.7. The van der Waals surface area contributed by atoms with Crippen molar-refractivity contribution in [2.75, 3.05) is 22.9 Å². The number of aryl methyl sites for hydroxylation is 1. The van der Waals surface area contributed by atoms with Crippen LogP contribution in [0.4, 0.5) is 11.4 Å². The SMILES string of the molecule is CCc1ccc(NC(=O)[C@@H](CC)Oc2ccc(N(C)S(C)(=O)=O)cc2)cc1. The van der Waals surface area contributed by atoms with Crippen molar-refractivity contribution < 1.29 is 17.9 Å². The van der Waals surface area contributed by atoms with E-state index in [-0.39, 0.29) is 5.91 Å². The molecule has 1 atom stereocenters. The lowest BCUT2D eigenvalue weighted by Crippen LogP contribution is -2.32. The highest BCUT2D eigenvalue weighted by molar-refractivity contribution is 7.92. The van der Waals surface area contributed by atoms with E-state index in [9.17, 15) is 13.2 Å². The molecule has 6 nitrogen and oxygen atoms in total. The molecule has 0 aliphatic carbocycles. The second-order valence-electron chi connectivity index (χ2n) is 6.28. The van der Waals surface area contributed by atoms with Gasteiger partial charge in [-0.05, 0) is 54.8 Å². The third kappa shape index (κ3) is 5.72. The third-order valence-electron chi connectivity index (χ3n) is 4.27. The van der Waals surface area contributed by atoms with Crippen LogP contribution in [0.25, 0.3) is 0 Å². The van der Waals surface area contributed by atoms with Gasteiger partial charge in [0, 0.05) is 12.7 Å². The van der Waals surface area contributed by atoms with Gasteiger partial charge in [0.1, 0.15) is 5.75 Å². The summed E-state index contributed by atoms with van der Waals surface area (Å²) < 4.78 is 30.1. The number of amides is 1. The molecular weight excluding hydrogens is 364 g/mol. The summed E-state index contributed by atoms with van der Waals surface area (Å²) in [7, 11) is -1.84. The average molecular weight is 391 g/mol. The first-order valence-electron chi connectivity index (χ1n) is 8.85. The molecule has 2 aromatic rings. The highest BCUT2D eigenvalue weighted by Crippen LogP contribution is 2.22. The van der Waals surface area contributed by atoms with Crippen LogP contribution in [0.5, 0.6) is 5.75 Å². The molecule has 2 aromatic carbocycles. The van der Waals surface area contributed by atoms with Gasteiger partial charge >= 0.3 is 0 Å². The summed E-state index contributed by atoms with van der Waals surface area (Å²) in [6, 6.07) is 14.3. The molecule has 0 aliphatic rings. The number of rotatable bonds is 8. The Morgan fingerprint density at radius 3 is 2.15 bits per heavy atom. The Bertz CT molecular complexity index is 862. The van der Waals surface area contributed by atoms with Crippen LogP contribution in [0.15, 0.2) is 48.5 Å². The molecule has 1 amide bonds. The van der Waals surface area contributed by atoms with Gasteiger partial charge in [0.15, 0.2) is 6.10 Å². The summed E-state index contributed by atoms with van der Waals surface area (Å²) in [5, 5.41) is 2.86. The fourth-order valence-corrected chi connectivity index (χ4v) is 2.96. The van der Waals surface area contributed by atoms with Gasteiger partial charge in [-0.15, -0.1) is 0 Å². The first kappa shape index (κ1) is 20.8. The lowest BCUT2D eigenvalue weighted by molar-refractivity contribution is -0.122. The highest BCUT2D eigenvalue weighted by Gasteiger charge is 2.19. The molecule has 0 bridgehead atoms. The normalized spacial score (nSPS) is 12.3. The van der Waals surface area contributed by atoms with E-state index < -0.39 is 16.1 Å². The largest absolute Gasteiger partial charge is 0.481 e. The summed E-state index contributed by atoms with van der Waals surface area (Å²) >= 11 is 0. The molecule has 0 saturated heterocycles. The molecule has 2 rings (SSSR count). The molecule has 1 N–H and O–H groups in total. The van der Waals surface area contributed by atoms with Crippen molar-refractivity contribution in [2.45, 2.75) is 32.8 Å². The van der Waals surface area contributed by atoms with Crippen LogP contribution in [-0.4, -0.2) is 33.7 Å². The van der Waals surface area contributed by atoms with E-state index in [1.807, 2.05) is 31.2 Å². The van der Waals surface area contributed by atoms with Gasteiger partial charge in [0.2, 0.25) is 10.0 Å². The maximum absolute atomic E-state index is 12.5. The van der Waals surface area contributed by atoms with E-state index in [0.29, 0.717) is 17.9 Å². The van der Waals surface area contributed by atoms with E-state index in [4.69, 9.17) is 4.74 Å². The number of carbonyl (C=O) groups excluding carboxylic acids is 1. The summed E-state index contributed by atoms with van der Waals surface area (Å²) in [5.74, 6) is 0.281. The molecule has 27 heavy (non-hydrogen) atoms. The van der Waals surface area contributed by atoms with Crippen molar-refractivity contribution in [2.24, 2.45) is 0 Å². The lowest BCUT2D eigenvalue weighted by Gasteiger charge is -2.19. The third-order valence-corrected chi connectivity index (χ3v) is 5.47. The van der Waals surface area contributed by atoms with Crippen LogP contribution >= 0.6 is 0 Å². The Labute approximate surface area is 161 Å². The molecule has 0 saturated carbocycles. The second kappa shape index (κ2) is 8.90. The number of ether oxygens (including phenoxy) is 1. The molecule has 0 unspecified atom stereocenters. The topological polar surface area (TPSA) is 75.7 Å². The van der Waals surface area contributed by atoms with Crippen molar-refractivity contribution in [1.29, 1.82) is 0 Å². The van der Waals surface area contributed by atoms with E-state index in [2.05, 4.69) is 12.2 Å². The number of benzene rings is 2. The number of hydrogen-bond donors (Lipinski definition) is 1. The van der Waals surface area contributed by atoms with Crippen molar-refractivity contribution in [1.82, 2.24) is 0 Å². The summed E-state index contributed by atoms with van der Waals surface area (Å²) in [6.45, 7) is 3.95. The summed E-state index contributed by atoms with van der Waals surface area (Å²) in [5.41, 5.74) is 2.46. The Balaban J connectivity index is 2.03. The van der Waals surface area contributed by atoms with Crippen LogP contribution in [-0.2, 0) is 21.2 Å². The van der Waals surface area contributed by atoms with Gasteiger partial charge < -0.3 is 10.1 Å². The average Bonchev–Trinajstić information content (AvgIpc) is 2.65. The zero-order chi connectivity index (χ0) is 20.0. The zero-order valence-corrected chi connectivity index (χ0v) is 16.9. The fourth-order valence-electron chi connectivity index (χ4n) is 2.46. The van der Waals surface area contributed by atoms with E-state index in [0.717, 1.165) is 18.4 Å². The number of nitrogens with zero attached hydrogens (tertiary/aromatic N) is 1. The molecule has 0 fully saturated rings. The number of anilines is 2. The maximum Gasteiger partial charge on any atom is 0.265 e. The van der Waals surface area contributed by atoms with Crippen LogP contribution in [0.2, 0.25) is 0 Å². The van der Waals surface area contributed by atoms with Crippen molar-refractivity contribution in [3.8, 4) is 5.75 Å². The molecule has 0 aliphatic heterocycles. The van der Waals surface area contributed by atoms with Crippen molar-refractivity contribution >= 4 is 27.3 Å². The van der Waals surface area contributed by atoms with E-state index >= 15 is 0 Å². The maximum atomic E-state index is 12.5. The molecule has 7 heteroatoms. The number of nitrogens with one attached hydrogen (secondary N) is 1. The van der Waals surface area contributed by atoms with Crippen LogP contribution < -0.4 is 14.4 Å². The standard InChI is InChI=1S/C20H26N2O4S/c1-5-15-7-9-16(10-8-15)21-20(23)19(6-2)26-18-13-11-17(12-14-18)22(3)27(4,24)25/h7-14,19H,5-6H2,1-4H3,(H,21,23)/t19-/m1/s1. The minimum atomic E-state index is -3.32.